The number of unbranched alkanes of at least 4 members (excludes halogenated alkanes) is 3. The first-order valence-electron chi connectivity index (χ1n) is 11.3. The number of carbonyl (C=O) groups is 1. The minimum Gasteiger partial charge on any atom is -0.338 e. The molecule has 2 aliphatic rings. The molecule has 0 N–H and O–H groups in total. The fourth-order valence-electron chi connectivity index (χ4n) is 4.67. The number of piperidine rings is 1. The zero-order chi connectivity index (χ0) is 17.9. The third-order valence-electron chi connectivity index (χ3n) is 6.26. The summed E-state index contributed by atoms with van der Waals surface area (Å²) in [7, 11) is 0. The van der Waals surface area contributed by atoms with Crippen LogP contribution in [-0.2, 0) is 4.79 Å². The molecule has 0 spiro atoms. The third kappa shape index (κ3) is 7.29. The number of nitrogens with zero attached hydrogens (tertiary/aromatic N) is 2. The van der Waals surface area contributed by atoms with Crippen molar-refractivity contribution in [2.45, 2.75) is 103 Å². The SMILES string of the molecule is CCCCCC(CCCC)CC(=O)N1CCCCC1CN1CCCC1. The first kappa shape index (κ1) is 20.7. The Hall–Kier alpha value is -0.570. The van der Waals surface area contributed by atoms with Crippen LogP contribution in [0.15, 0.2) is 0 Å². The molecule has 2 heterocycles. The van der Waals surface area contributed by atoms with Gasteiger partial charge in [0, 0.05) is 25.6 Å². The summed E-state index contributed by atoms with van der Waals surface area (Å²) < 4.78 is 0. The van der Waals surface area contributed by atoms with E-state index in [1.807, 2.05) is 0 Å². The van der Waals surface area contributed by atoms with Crippen molar-refractivity contribution in [3.63, 3.8) is 0 Å². The first-order chi connectivity index (χ1) is 12.2. The minimum atomic E-state index is 0.460. The summed E-state index contributed by atoms with van der Waals surface area (Å²) in [5, 5.41) is 0. The maximum Gasteiger partial charge on any atom is 0.223 e. The van der Waals surface area contributed by atoms with E-state index in [2.05, 4.69) is 23.6 Å². The summed E-state index contributed by atoms with van der Waals surface area (Å²) in [6.45, 7) is 9.15. The number of likely N-dealkylation sites (tertiary alicyclic amines) is 2. The van der Waals surface area contributed by atoms with Gasteiger partial charge in [0.15, 0.2) is 0 Å². The van der Waals surface area contributed by atoms with E-state index in [1.54, 1.807) is 0 Å². The monoisotopic (exact) mass is 350 g/mol. The average Bonchev–Trinajstić information content (AvgIpc) is 3.13. The van der Waals surface area contributed by atoms with Gasteiger partial charge in [0.1, 0.15) is 0 Å². The van der Waals surface area contributed by atoms with Crippen molar-refractivity contribution >= 4 is 5.91 Å². The highest BCUT2D eigenvalue weighted by molar-refractivity contribution is 5.77. The molecule has 0 aromatic carbocycles. The number of amides is 1. The summed E-state index contributed by atoms with van der Waals surface area (Å²) in [4.78, 5) is 18.0. The highest BCUT2D eigenvalue weighted by Crippen LogP contribution is 2.25. The second kappa shape index (κ2) is 11.9. The van der Waals surface area contributed by atoms with Gasteiger partial charge in [-0.05, 0) is 64.0 Å². The molecule has 25 heavy (non-hydrogen) atoms. The molecular weight excluding hydrogens is 308 g/mol. The van der Waals surface area contributed by atoms with Crippen molar-refractivity contribution in [1.82, 2.24) is 9.80 Å². The van der Waals surface area contributed by atoms with Crippen molar-refractivity contribution in [2.24, 2.45) is 5.92 Å². The van der Waals surface area contributed by atoms with Gasteiger partial charge in [0.25, 0.3) is 0 Å². The molecule has 0 radical (unpaired) electrons. The molecule has 146 valence electrons. The van der Waals surface area contributed by atoms with Crippen molar-refractivity contribution < 1.29 is 4.79 Å². The molecule has 0 aromatic heterocycles. The van der Waals surface area contributed by atoms with Crippen LogP contribution in [0.5, 0.6) is 0 Å². The lowest BCUT2D eigenvalue weighted by Gasteiger charge is -2.38. The molecule has 3 heteroatoms. The summed E-state index contributed by atoms with van der Waals surface area (Å²) in [5.74, 6) is 1.08. The maximum absolute atomic E-state index is 13.1. The first-order valence-corrected chi connectivity index (χ1v) is 11.3. The van der Waals surface area contributed by atoms with Gasteiger partial charge in [0.05, 0.1) is 0 Å². The summed E-state index contributed by atoms with van der Waals surface area (Å²) in [6, 6.07) is 0.488. The largest absolute Gasteiger partial charge is 0.338 e. The van der Waals surface area contributed by atoms with Gasteiger partial charge >= 0.3 is 0 Å². The molecule has 1 amide bonds. The number of rotatable bonds is 11. The predicted molar refractivity (Wildman–Crippen MR) is 107 cm³/mol. The Bertz CT molecular complexity index is 365. The van der Waals surface area contributed by atoms with E-state index in [0.29, 0.717) is 17.9 Å². The molecule has 0 bridgehead atoms. The normalized spacial score (nSPS) is 23.1. The molecule has 3 nitrogen and oxygen atoms in total. The van der Waals surface area contributed by atoms with Gasteiger partial charge in [-0.3, -0.25) is 4.79 Å². The van der Waals surface area contributed by atoms with E-state index in [1.165, 1.54) is 90.1 Å². The average molecular weight is 351 g/mol. The van der Waals surface area contributed by atoms with Gasteiger partial charge in [0.2, 0.25) is 5.91 Å². The Labute approximate surface area is 156 Å². The standard InChI is InChI=1S/C22H42N2O/c1-3-5-7-13-20(12-6-4-2)18-22(25)24-17-9-8-14-21(24)19-23-15-10-11-16-23/h20-21H,3-19H2,1-2H3. The summed E-state index contributed by atoms with van der Waals surface area (Å²) in [5.41, 5.74) is 0. The van der Waals surface area contributed by atoms with Gasteiger partial charge < -0.3 is 9.80 Å². The Balaban J connectivity index is 1.86. The second-order valence-corrected chi connectivity index (χ2v) is 8.45. The van der Waals surface area contributed by atoms with Crippen molar-refractivity contribution in [2.75, 3.05) is 26.2 Å². The van der Waals surface area contributed by atoms with Crippen LogP contribution in [0.25, 0.3) is 0 Å². The van der Waals surface area contributed by atoms with Gasteiger partial charge in [-0.2, -0.15) is 0 Å². The molecule has 2 unspecified atom stereocenters. The summed E-state index contributed by atoms with van der Waals surface area (Å²) >= 11 is 0. The lowest BCUT2D eigenvalue weighted by atomic mass is 9.91. The fraction of sp³-hybridized carbons (Fsp3) is 0.955. The number of carbonyl (C=O) groups excluding carboxylic acids is 1. The number of hydrogen-bond donors (Lipinski definition) is 0. The molecule has 0 aliphatic carbocycles. The summed E-state index contributed by atoms with van der Waals surface area (Å²) in [6.07, 6.45) is 16.1. The molecule has 0 aromatic rings. The van der Waals surface area contributed by atoms with Crippen LogP contribution in [0.2, 0.25) is 0 Å². The smallest absolute Gasteiger partial charge is 0.223 e. The highest BCUT2D eigenvalue weighted by atomic mass is 16.2. The van der Waals surface area contributed by atoms with E-state index < -0.39 is 0 Å². The van der Waals surface area contributed by atoms with Crippen molar-refractivity contribution in [3.05, 3.63) is 0 Å². The number of hydrogen-bond acceptors (Lipinski definition) is 2. The Morgan fingerprint density at radius 3 is 2.32 bits per heavy atom. The van der Waals surface area contributed by atoms with E-state index in [9.17, 15) is 4.79 Å². The van der Waals surface area contributed by atoms with E-state index in [0.717, 1.165) is 19.5 Å². The van der Waals surface area contributed by atoms with Crippen molar-refractivity contribution in [1.29, 1.82) is 0 Å². The van der Waals surface area contributed by atoms with Gasteiger partial charge in [-0.25, -0.2) is 0 Å². The van der Waals surface area contributed by atoms with E-state index >= 15 is 0 Å². The van der Waals surface area contributed by atoms with E-state index in [-0.39, 0.29) is 0 Å². The molecular formula is C22H42N2O. The molecule has 0 saturated carbocycles. The van der Waals surface area contributed by atoms with Crippen LogP contribution in [0.3, 0.4) is 0 Å². The van der Waals surface area contributed by atoms with Crippen LogP contribution in [0, 0.1) is 5.92 Å². The second-order valence-electron chi connectivity index (χ2n) is 8.45. The Morgan fingerprint density at radius 2 is 1.60 bits per heavy atom. The Kier molecular flexibility index (Phi) is 9.90. The lowest BCUT2D eigenvalue weighted by Crippen LogP contribution is -2.49. The predicted octanol–water partition coefficient (Wildman–Crippen LogP) is 5.24. The quantitative estimate of drug-likeness (QED) is 0.476. The third-order valence-corrected chi connectivity index (χ3v) is 6.26. The van der Waals surface area contributed by atoms with Crippen LogP contribution < -0.4 is 0 Å². The minimum absolute atomic E-state index is 0.460. The van der Waals surface area contributed by atoms with Crippen molar-refractivity contribution in [3.8, 4) is 0 Å². The molecule has 2 saturated heterocycles. The maximum atomic E-state index is 13.1. The zero-order valence-electron chi connectivity index (χ0n) is 17.0. The molecule has 2 aliphatic heterocycles. The lowest BCUT2D eigenvalue weighted by molar-refractivity contribution is -0.136. The van der Waals surface area contributed by atoms with Crippen LogP contribution in [-0.4, -0.2) is 47.9 Å². The van der Waals surface area contributed by atoms with Crippen LogP contribution >= 0.6 is 0 Å². The fourth-order valence-corrected chi connectivity index (χ4v) is 4.67. The van der Waals surface area contributed by atoms with Crippen LogP contribution in [0.1, 0.15) is 97.3 Å². The molecule has 2 fully saturated rings. The Morgan fingerprint density at radius 1 is 0.920 bits per heavy atom. The molecule has 2 atom stereocenters. The van der Waals surface area contributed by atoms with Crippen LogP contribution in [0.4, 0.5) is 0 Å². The van der Waals surface area contributed by atoms with E-state index in [4.69, 9.17) is 0 Å². The zero-order valence-corrected chi connectivity index (χ0v) is 17.0. The topological polar surface area (TPSA) is 23.6 Å². The highest BCUT2D eigenvalue weighted by Gasteiger charge is 2.30. The van der Waals surface area contributed by atoms with Gasteiger partial charge in [-0.1, -0.05) is 46.0 Å². The van der Waals surface area contributed by atoms with Gasteiger partial charge in [-0.15, -0.1) is 0 Å². The molecule has 2 rings (SSSR count).